The molecule has 3 heteroatoms. The number of nitrogens with two attached hydrogens (primary N) is 1. The highest BCUT2D eigenvalue weighted by Gasteiger charge is 2.16. The van der Waals surface area contributed by atoms with Crippen LogP contribution in [0.5, 0.6) is 0 Å². The lowest BCUT2D eigenvalue weighted by atomic mass is 9.99. The molecule has 1 aromatic carbocycles. The smallest absolute Gasteiger partial charge is 0.0469 e. The van der Waals surface area contributed by atoms with Crippen molar-refractivity contribution in [3.63, 3.8) is 0 Å². The molecule has 0 amide bonds. The highest BCUT2D eigenvalue weighted by Crippen LogP contribution is 2.18. The highest BCUT2D eigenvalue weighted by atomic mass is 16.5. The van der Waals surface area contributed by atoms with Gasteiger partial charge in [0.1, 0.15) is 0 Å². The van der Waals surface area contributed by atoms with Gasteiger partial charge < -0.3 is 15.4 Å². The number of hydrogen-bond donors (Lipinski definition) is 1. The zero-order chi connectivity index (χ0) is 14.4. The highest BCUT2D eigenvalue weighted by molar-refractivity contribution is 5.23. The van der Waals surface area contributed by atoms with Gasteiger partial charge in [-0.15, -0.1) is 0 Å². The van der Waals surface area contributed by atoms with Crippen LogP contribution in [-0.2, 0) is 4.74 Å². The van der Waals surface area contributed by atoms with Crippen LogP contribution in [0.4, 0.5) is 0 Å². The van der Waals surface area contributed by atoms with Crippen molar-refractivity contribution in [3.8, 4) is 0 Å². The molecule has 20 heavy (non-hydrogen) atoms. The van der Waals surface area contributed by atoms with E-state index in [9.17, 15) is 0 Å². The lowest BCUT2D eigenvalue weighted by Gasteiger charge is -2.27. The van der Waals surface area contributed by atoms with E-state index < -0.39 is 0 Å². The second-order valence-corrected chi connectivity index (χ2v) is 6.12. The summed E-state index contributed by atoms with van der Waals surface area (Å²) in [5.41, 5.74) is 8.81. The van der Waals surface area contributed by atoms with Crippen LogP contribution in [0.25, 0.3) is 0 Å². The Kier molecular flexibility index (Phi) is 6.02. The summed E-state index contributed by atoms with van der Waals surface area (Å²) in [6.45, 7) is 6.20. The molecule has 3 nitrogen and oxygen atoms in total. The summed E-state index contributed by atoms with van der Waals surface area (Å²) in [4.78, 5) is 2.42. The topological polar surface area (TPSA) is 38.5 Å². The van der Waals surface area contributed by atoms with E-state index in [4.69, 9.17) is 10.5 Å². The molecule has 0 aliphatic carbocycles. The summed E-state index contributed by atoms with van der Waals surface area (Å²) in [5, 5.41) is 0. The third kappa shape index (κ3) is 4.89. The van der Waals surface area contributed by atoms with Gasteiger partial charge in [0, 0.05) is 25.8 Å². The fourth-order valence-corrected chi connectivity index (χ4v) is 2.80. The summed E-state index contributed by atoms with van der Waals surface area (Å²) < 4.78 is 5.41. The average molecular weight is 276 g/mol. The van der Waals surface area contributed by atoms with E-state index in [0.717, 1.165) is 32.1 Å². The van der Waals surface area contributed by atoms with Gasteiger partial charge in [0.25, 0.3) is 0 Å². The Morgan fingerprint density at radius 3 is 2.55 bits per heavy atom. The summed E-state index contributed by atoms with van der Waals surface area (Å²) in [6, 6.07) is 8.73. The predicted molar refractivity (Wildman–Crippen MR) is 83.8 cm³/mol. The van der Waals surface area contributed by atoms with E-state index in [1.54, 1.807) is 0 Å². The van der Waals surface area contributed by atoms with Crippen molar-refractivity contribution < 1.29 is 4.74 Å². The fraction of sp³-hybridized carbons (Fsp3) is 0.647. The molecule has 2 N–H and O–H groups in total. The van der Waals surface area contributed by atoms with Crippen LogP contribution >= 0.6 is 0 Å². The minimum Gasteiger partial charge on any atom is -0.381 e. The zero-order valence-corrected chi connectivity index (χ0v) is 12.8. The Morgan fingerprint density at radius 2 is 1.90 bits per heavy atom. The molecule has 1 aliphatic heterocycles. The van der Waals surface area contributed by atoms with Gasteiger partial charge in [-0.2, -0.15) is 0 Å². The molecule has 1 aliphatic rings. The van der Waals surface area contributed by atoms with Crippen molar-refractivity contribution in [2.75, 3.05) is 33.4 Å². The van der Waals surface area contributed by atoms with Crippen LogP contribution < -0.4 is 5.73 Å². The average Bonchev–Trinajstić information content (AvgIpc) is 2.46. The molecule has 0 bridgehead atoms. The van der Waals surface area contributed by atoms with Gasteiger partial charge in [0.2, 0.25) is 0 Å². The summed E-state index contributed by atoms with van der Waals surface area (Å²) in [5.74, 6) is 0.796. The third-order valence-electron chi connectivity index (χ3n) is 4.24. The van der Waals surface area contributed by atoms with Gasteiger partial charge in [-0.1, -0.05) is 29.8 Å². The molecular weight excluding hydrogens is 248 g/mol. The maximum absolute atomic E-state index is 6.28. The molecule has 0 aromatic heterocycles. The number of rotatable bonds is 6. The van der Waals surface area contributed by atoms with Gasteiger partial charge in [0.05, 0.1) is 0 Å². The molecule has 0 radical (unpaired) electrons. The predicted octanol–water partition coefficient (Wildman–Crippen LogP) is 2.74. The van der Waals surface area contributed by atoms with E-state index in [0.29, 0.717) is 0 Å². The molecule has 1 atom stereocenters. The van der Waals surface area contributed by atoms with Crippen LogP contribution in [0.1, 0.15) is 36.4 Å². The van der Waals surface area contributed by atoms with Crippen molar-refractivity contribution in [1.82, 2.24) is 4.90 Å². The summed E-state index contributed by atoms with van der Waals surface area (Å²) in [7, 11) is 2.21. The van der Waals surface area contributed by atoms with E-state index in [1.165, 1.54) is 30.5 Å². The summed E-state index contributed by atoms with van der Waals surface area (Å²) >= 11 is 0. The Bertz CT molecular complexity index is 384. The first kappa shape index (κ1) is 15.5. The SMILES string of the molecule is Cc1ccc(C(N)CCN(C)CC2CCOCC2)cc1. The standard InChI is InChI=1S/C17H28N2O/c1-14-3-5-16(6-4-14)17(18)7-10-19(2)13-15-8-11-20-12-9-15/h3-6,15,17H,7-13,18H2,1-2H3. The molecule has 1 saturated heterocycles. The lowest BCUT2D eigenvalue weighted by molar-refractivity contribution is 0.0554. The second kappa shape index (κ2) is 7.77. The molecule has 1 heterocycles. The van der Waals surface area contributed by atoms with Crippen LogP contribution in [0.15, 0.2) is 24.3 Å². The molecule has 1 fully saturated rings. The maximum Gasteiger partial charge on any atom is 0.0469 e. The van der Waals surface area contributed by atoms with E-state index in [-0.39, 0.29) is 6.04 Å². The number of nitrogens with zero attached hydrogens (tertiary/aromatic N) is 1. The molecule has 0 spiro atoms. The third-order valence-corrected chi connectivity index (χ3v) is 4.24. The van der Waals surface area contributed by atoms with E-state index >= 15 is 0 Å². The van der Waals surface area contributed by atoms with Crippen LogP contribution in [0.3, 0.4) is 0 Å². The Balaban J connectivity index is 1.71. The van der Waals surface area contributed by atoms with Crippen molar-refractivity contribution in [3.05, 3.63) is 35.4 Å². The number of benzene rings is 1. The number of hydrogen-bond acceptors (Lipinski definition) is 3. The minimum atomic E-state index is 0.146. The lowest BCUT2D eigenvalue weighted by Crippen LogP contribution is -2.31. The zero-order valence-electron chi connectivity index (χ0n) is 12.8. The summed E-state index contributed by atoms with van der Waals surface area (Å²) in [6.07, 6.45) is 3.42. The van der Waals surface area contributed by atoms with Crippen molar-refractivity contribution in [2.45, 2.75) is 32.2 Å². The quantitative estimate of drug-likeness (QED) is 0.868. The Labute approximate surface area is 123 Å². The number of ether oxygens (including phenoxy) is 1. The molecule has 2 rings (SSSR count). The normalized spacial score (nSPS) is 18.4. The first-order valence-electron chi connectivity index (χ1n) is 7.73. The van der Waals surface area contributed by atoms with E-state index in [1.807, 2.05) is 0 Å². The molecular formula is C17H28N2O. The van der Waals surface area contributed by atoms with Crippen LogP contribution in [-0.4, -0.2) is 38.3 Å². The van der Waals surface area contributed by atoms with Gasteiger partial charge in [0.15, 0.2) is 0 Å². The van der Waals surface area contributed by atoms with Crippen molar-refractivity contribution in [1.29, 1.82) is 0 Å². The molecule has 1 aromatic rings. The Morgan fingerprint density at radius 1 is 1.25 bits per heavy atom. The van der Waals surface area contributed by atoms with Crippen molar-refractivity contribution >= 4 is 0 Å². The first-order valence-corrected chi connectivity index (χ1v) is 7.73. The second-order valence-electron chi connectivity index (χ2n) is 6.12. The molecule has 1 unspecified atom stereocenters. The molecule has 0 saturated carbocycles. The van der Waals surface area contributed by atoms with Gasteiger partial charge >= 0.3 is 0 Å². The largest absolute Gasteiger partial charge is 0.381 e. The maximum atomic E-state index is 6.28. The van der Waals surface area contributed by atoms with Gasteiger partial charge in [-0.25, -0.2) is 0 Å². The number of aryl methyl sites for hydroxylation is 1. The fourth-order valence-electron chi connectivity index (χ4n) is 2.80. The molecule has 112 valence electrons. The monoisotopic (exact) mass is 276 g/mol. The minimum absolute atomic E-state index is 0.146. The van der Waals surface area contributed by atoms with E-state index in [2.05, 4.69) is 43.1 Å². The first-order chi connectivity index (χ1) is 9.65. The van der Waals surface area contributed by atoms with Crippen LogP contribution in [0, 0.1) is 12.8 Å². The van der Waals surface area contributed by atoms with Crippen molar-refractivity contribution in [2.24, 2.45) is 11.7 Å². The van der Waals surface area contributed by atoms with Gasteiger partial charge in [-0.3, -0.25) is 0 Å². The van der Waals surface area contributed by atoms with Gasteiger partial charge in [-0.05, 0) is 51.3 Å². The van der Waals surface area contributed by atoms with Crippen LogP contribution in [0.2, 0.25) is 0 Å². The Hall–Kier alpha value is -0.900.